The molecule has 0 atom stereocenters. The van der Waals surface area contributed by atoms with Crippen LogP contribution in [0.2, 0.25) is 0 Å². The average Bonchev–Trinajstić information content (AvgIpc) is 3.43. The molecule has 0 unspecified atom stereocenters. The Labute approximate surface area is 149 Å². The van der Waals surface area contributed by atoms with E-state index < -0.39 is 0 Å². The Balaban J connectivity index is 1.35. The van der Waals surface area contributed by atoms with Crippen molar-refractivity contribution < 1.29 is 4.52 Å². The summed E-state index contributed by atoms with van der Waals surface area (Å²) in [6.45, 7) is 2.88. The van der Waals surface area contributed by atoms with E-state index in [1.54, 1.807) is 23.3 Å². The van der Waals surface area contributed by atoms with E-state index in [9.17, 15) is 0 Å². The van der Waals surface area contributed by atoms with Gasteiger partial charge in [-0.1, -0.05) is 5.16 Å². The smallest absolute Gasteiger partial charge is 0.178 e. The van der Waals surface area contributed by atoms with Crippen molar-refractivity contribution in [2.75, 3.05) is 13.1 Å². The summed E-state index contributed by atoms with van der Waals surface area (Å²) in [7, 11) is 0. The van der Waals surface area contributed by atoms with Crippen LogP contribution in [0.1, 0.15) is 30.1 Å². The van der Waals surface area contributed by atoms with E-state index >= 15 is 0 Å². The van der Waals surface area contributed by atoms with Crippen molar-refractivity contribution in [2.24, 2.45) is 0 Å². The monoisotopic (exact) mass is 350 g/mol. The molecule has 0 saturated carbocycles. The van der Waals surface area contributed by atoms with E-state index in [1.807, 2.05) is 28.9 Å². The molecule has 0 amide bonds. The molecule has 0 spiro atoms. The van der Waals surface area contributed by atoms with Gasteiger partial charge in [0.2, 0.25) is 0 Å². The Morgan fingerprint density at radius 1 is 1.15 bits per heavy atom. The summed E-state index contributed by atoms with van der Waals surface area (Å²) < 4.78 is 8.51. The van der Waals surface area contributed by atoms with Gasteiger partial charge in [-0.25, -0.2) is 4.68 Å². The molecule has 5 heterocycles. The maximum Gasteiger partial charge on any atom is 0.178 e. The van der Waals surface area contributed by atoms with Crippen LogP contribution in [-0.2, 0) is 6.54 Å². The lowest BCUT2D eigenvalue weighted by Crippen LogP contribution is -2.33. The highest BCUT2D eigenvalue weighted by Crippen LogP contribution is 2.27. The van der Waals surface area contributed by atoms with Crippen LogP contribution in [0.5, 0.6) is 0 Å². The Morgan fingerprint density at radius 2 is 2.08 bits per heavy atom. The number of rotatable bonds is 4. The summed E-state index contributed by atoms with van der Waals surface area (Å²) in [5.41, 5.74) is 1.88. The van der Waals surface area contributed by atoms with E-state index in [4.69, 9.17) is 9.62 Å². The molecule has 0 bridgehead atoms. The van der Waals surface area contributed by atoms with E-state index in [2.05, 4.69) is 25.4 Å². The maximum absolute atomic E-state index is 4.91. The number of likely N-dealkylation sites (tertiary alicyclic amines) is 1. The Bertz CT molecular complexity index is 983. The third-order valence-corrected chi connectivity index (χ3v) is 4.85. The van der Waals surface area contributed by atoms with Crippen molar-refractivity contribution in [3.8, 4) is 5.82 Å². The molecule has 1 aliphatic heterocycles. The van der Waals surface area contributed by atoms with Crippen LogP contribution in [0.25, 0.3) is 11.5 Å². The molecular weight excluding hydrogens is 332 g/mol. The summed E-state index contributed by atoms with van der Waals surface area (Å²) in [5, 5.41) is 21.4. The first-order chi connectivity index (χ1) is 12.9. The van der Waals surface area contributed by atoms with Crippen molar-refractivity contribution in [1.82, 2.24) is 39.6 Å². The lowest BCUT2D eigenvalue weighted by Gasteiger charge is -2.30. The zero-order valence-corrected chi connectivity index (χ0v) is 14.1. The predicted molar refractivity (Wildman–Crippen MR) is 91.7 cm³/mol. The van der Waals surface area contributed by atoms with Gasteiger partial charge in [0, 0.05) is 30.4 Å². The summed E-state index contributed by atoms with van der Waals surface area (Å²) in [4.78, 5) is 2.41. The van der Waals surface area contributed by atoms with Crippen LogP contribution in [0.3, 0.4) is 0 Å². The molecule has 1 aliphatic rings. The van der Waals surface area contributed by atoms with Crippen LogP contribution < -0.4 is 0 Å². The lowest BCUT2D eigenvalue weighted by molar-refractivity contribution is 0.200. The standard InChI is InChI=1S/C17H18N8O/c1-6-18-24(7-1)16-3-2-15-20-21-17(25(15)22-16)14-4-8-23(9-5-14)11-13-10-19-26-12-13/h1-3,6-7,10,12,14H,4-5,8-9,11H2. The zero-order chi connectivity index (χ0) is 17.3. The first-order valence-corrected chi connectivity index (χ1v) is 8.70. The third-order valence-electron chi connectivity index (χ3n) is 4.85. The van der Waals surface area contributed by atoms with Crippen molar-refractivity contribution in [2.45, 2.75) is 25.3 Å². The molecule has 0 aliphatic carbocycles. The molecule has 1 saturated heterocycles. The summed E-state index contributed by atoms with van der Waals surface area (Å²) >= 11 is 0. The fourth-order valence-electron chi connectivity index (χ4n) is 3.49. The molecule has 9 heteroatoms. The van der Waals surface area contributed by atoms with Gasteiger partial charge in [-0.15, -0.1) is 15.3 Å². The minimum Gasteiger partial charge on any atom is -0.364 e. The first-order valence-electron chi connectivity index (χ1n) is 8.70. The van der Waals surface area contributed by atoms with Crippen LogP contribution in [0.4, 0.5) is 0 Å². The van der Waals surface area contributed by atoms with Gasteiger partial charge in [0.25, 0.3) is 0 Å². The van der Waals surface area contributed by atoms with Gasteiger partial charge in [0.1, 0.15) is 6.26 Å². The lowest BCUT2D eigenvalue weighted by atomic mass is 9.96. The topological polar surface area (TPSA) is 90.2 Å². The summed E-state index contributed by atoms with van der Waals surface area (Å²) in [6.07, 6.45) is 9.16. The molecule has 26 heavy (non-hydrogen) atoms. The molecular formula is C17H18N8O. The van der Waals surface area contributed by atoms with Gasteiger partial charge in [-0.05, 0) is 44.1 Å². The number of fused-ring (bicyclic) bond motifs is 1. The largest absolute Gasteiger partial charge is 0.364 e. The number of hydrogen-bond donors (Lipinski definition) is 0. The molecule has 0 radical (unpaired) electrons. The average molecular weight is 350 g/mol. The van der Waals surface area contributed by atoms with Gasteiger partial charge >= 0.3 is 0 Å². The van der Waals surface area contributed by atoms with E-state index in [0.717, 1.165) is 55.3 Å². The Hall–Kier alpha value is -3.07. The highest BCUT2D eigenvalue weighted by molar-refractivity contribution is 5.39. The molecule has 9 nitrogen and oxygen atoms in total. The SMILES string of the molecule is c1cnn(-c2ccc3nnc(C4CCN(Cc5cnoc5)CC4)n3n2)c1. The van der Waals surface area contributed by atoms with E-state index in [1.165, 1.54) is 0 Å². The van der Waals surface area contributed by atoms with Gasteiger partial charge in [0.15, 0.2) is 17.3 Å². The van der Waals surface area contributed by atoms with Crippen LogP contribution in [-0.4, -0.2) is 52.7 Å². The van der Waals surface area contributed by atoms with Gasteiger partial charge < -0.3 is 4.52 Å². The molecule has 4 aromatic rings. The Morgan fingerprint density at radius 3 is 2.85 bits per heavy atom. The normalized spacial score (nSPS) is 16.5. The summed E-state index contributed by atoms with van der Waals surface area (Å²) in [6, 6.07) is 5.72. The zero-order valence-electron chi connectivity index (χ0n) is 14.1. The van der Waals surface area contributed by atoms with Crippen LogP contribution >= 0.6 is 0 Å². The van der Waals surface area contributed by atoms with Crippen molar-refractivity contribution in [3.63, 3.8) is 0 Å². The first kappa shape index (κ1) is 15.2. The molecule has 1 fully saturated rings. The van der Waals surface area contributed by atoms with E-state index in [-0.39, 0.29) is 0 Å². The second kappa shape index (κ2) is 6.34. The maximum atomic E-state index is 4.91. The van der Waals surface area contributed by atoms with Crippen LogP contribution in [0.15, 0.2) is 47.6 Å². The van der Waals surface area contributed by atoms with Gasteiger partial charge in [-0.2, -0.15) is 9.61 Å². The second-order valence-electron chi connectivity index (χ2n) is 6.55. The quantitative estimate of drug-likeness (QED) is 0.553. The number of nitrogens with zero attached hydrogens (tertiary/aromatic N) is 8. The molecule has 132 valence electrons. The fourth-order valence-corrected chi connectivity index (χ4v) is 3.49. The van der Waals surface area contributed by atoms with Crippen molar-refractivity contribution in [1.29, 1.82) is 0 Å². The number of piperidine rings is 1. The third kappa shape index (κ3) is 2.76. The second-order valence-corrected chi connectivity index (χ2v) is 6.55. The number of aromatic nitrogens is 7. The molecule has 0 aromatic carbocycles. The molecule has 5 rings (SSSR count). The Kier molecular flexibility index (Phi) is 3.71. The fraction of sp³-hybridized carbons (Fsp3) is 0.353. The predicted octanol–water partition coefficient (Wildman–Crippen LogP) is 1.68. The highest BCUT2D eigenvalue weighted by Gasteiger charge is 2.25. The van der Waals surface area contributed by atoms with Crippen LogP contribution in [0, 0.1) is 0 Å². The molecule has 4 aromatic heterocycles. The highest BCUT2D eigenvalue weighted by atomic mass is 16.5. The van der Waals surface area contributed by atoms with E-state index in [0.29, 0.717) is 5.92 Å². The van der Waals surface area contributed by atoms with Gasteiger partial charge in [0.05, 0.1) is 6.20 Å². The summed E-state index contributed by atoms with van der Waals surface area (Å²) in [5.74, 6) is 2.04. The minimum absolute atomic E-state index is 0.351. The van der Waals surface area contributed by atoms with Crippen molar-refractivity contribution in [3.05, 3.63) is 54.4 Å². The molecule has 0 N–H and O–H groups in total. The van der Waals surface area contributed by atoms with Gasteiger partial charge in [-0.3, -0.25) is 4.90 Å². The minimum atomic E-state index is 0.351. The number of hydrogen-bond acceptors (Lipinski definition) is 7. The van der Waals surface area contributed by atoms with Crippen molar-refractivity contribution >= 4 is 5.65 Å².